The van der Waals surface area contributed by atoms with Crippen molar-refractivity contribution in [2.24, 2.45) is 0 Å². The normalized spacial score (nSPS) is 10.7. The highest BCUT2D eigenvalue weighted by atomic mass is 35.5. The van der Waals surface area contributed by atoms with Gasteiger partial charge in [0.15, 0.2) is 11.3 Å². The molecule has 0 fully saturated rings. The van der Waals surface area contributed by atoms with Gasteiger partial charge < -0.3 is 15.1 Å². The van der Waals surface area contributed by atoms with Gasteiger partial charge >= 0.3 is 0 Å². The number of carbonyl (C=O) groups excluding carboxylic acids is 1. The first-order valence-corrected chi connectivity index (χ1v) is 8.81. The highest BCUT2D eigenvalue weighted by molar-refractivity contribution is 6.37. The first-order chi connectivity index (χ1) is 13.8. The fraction of sp³-hybridized carbons (Fsp3) is 0.0952. The number of carbonyl (C=O) groups is 1. The molecular formula is C21H13Cl2N3O3. The summed E-state index contributed by atoms with van der Waals surface area (Å²) in [6.45, 7) is -0.0475. The van der Waals surface area contributed by atoms with Crippen molar-refractivity contribution in [1.29, 1.82) is 10.5 Å². The number of likely N-dealkylation sites (N-methyl/N-ethyl adjacent to an activating group) is 1. The SMILES string of the molecule is CN(CC#Cc1ccccc1C#N)C(=O)/C(C#N)=C(\O)c1cc(Cl)c(O)c(Cl)c1. The Morgan fingerprint density at radius 1 is 1.14 bits per heavy atom. The standard InChI is InChI=1S/C21H13Cl2N3O3/c1-26(8-4-7-13-5-2-3-6-14(13)11-24)21(29)16(12-25)19(27)15-9-17(22)20(28)18(23)10-15/h2-3,5-6,9-10,27-28H,8H2,1H3/b19-16-. The molecule has 0 saturated heterocycles. The molecule has 2 aromatic carbocycles. The molecule has 0 radical (unpaired) electrons. The molecule has 8 heteroatoms. The summed E-state index contributed by atoms with van der Waals surface area (Å²) in [5.41, 5.74) is 0.392. The number of rotatable bonds is 3. The molecule has 0 aliphatic heterocycles. The second kappa shape index (κ2) is 9.53. The van der Waals surface area contributed by atoms with Crippen molar-refractivity contribution < 1.29 is 15.0 Å². The molecule has 0 spiro atoms. The second-order valence-electron chi connectivity index (χ2n) is 5.74. The highest BCUT2D eigenvalue weighted by Crippen LogP contribution is 2.35. The van der Waals surface area contributed by atoms with Crippen molar-refractivity contribution in [3.63, 3.8) is 0 Å². The molecule has 2 aromatic rings. The van der Waals surface area contributed by atoms with Gasteiger partial charge in [0, 0.05) is 18.2 Å². The molecule has 2 rings (SSSR count). The Labute approximate surface area is 177 Å². The van der Waals surface area contributed by atoms with Gasteiger partial charge in [0.2, 0.25) is 0 Å². The second-order valence-corrected chi connectivity index (χ2v) is 6.56. The van der Waals surface area contributed by atoms with Gasteiger partial charge in [-0.2, -0.15) is 10.5 Å². The van der Waals surface area contributed by atoms with Crippen molar-refractivity contribution in [2.75, 3.05) is 13.6 Å². The number of aliphatic hydroxyl groups excluding tert-OH is 1. The summed E-state index contributed by atoms with van der Waals surface area (Å²) in [4.78, 5) is 13.7. The number of phenols is 1. The number of nitriles is 2. The third kappa shape index (κ3) is 5.00. The van der Waals surface area contributed by atoms with Gasteiger partial charge in [0.1, 0.15) is 17.9 Å². The zero-order valence-electron chi connectivity index (χ0n) is 15.1. The highest BCUT2D eigenvalue weighted by Gasteiger charge is 2.21. The summed E-state index contributed by atoms with van der Waals surface area (Å²) in [5.74, 6) is 3.78. The van der Waals surface area contributed by atoms with E-state index in [2.05, 4.69) is 11.8 Å². The van der Waals surface area contributed by atoms with Crippen LogP contribution in [0.5, 0.6) is 5.75 Å². The summed E-state index contributed by atoms with van der Waals surface area (Å²) < 4.78 is 0. The molecule has 0 unspecified atom stereocenters. The minimum absolute atomic E-state index is 0.00475. The van der Waals surface area contributed by atoms with Crippen LogP contribution < -0.4 is 0 Å². The Balaban J connectivity index is 2.27. The van der Waals surface area contributed by atoms with E-state index in [-0.39, 0.29) is 27.9 Å². The molecular weight excluding hydrogens is 413 g/mol. The van der Waals surface area contributed by atoms with Crippen LogP contribution in [0.2, 0.25) is 10.0 Å². The minimum Gasteiger partial charge on any atom is -0.506 e. The average molecular weight is 426 g/mol. The van der Waals surface area contributed by atoms with Crippen LogP contribution >= 0.6 is 23.2 Å². The van der Waals surface area contributed by atoms with Gasteiger partial charge in [-0.1, -0.05) is 47.2 Å². The van der Waals surface area contributed by atoms with Gasteiger partial charge in [0.05, 0.1) is 22.2 Å². The van der Waals surface area contributed by atoms with Crippen molar-refractivity contribution in [1.82, 2.24) is 4.90 Å². The Morgan fingerprint density at radius 3 is 2.28 bits per heavy atom. The monoisotopic (exact) mass is 425 g/mol. The van der Waals surface area contributed by atoms with Crippen LogP contribution in [0.15, 0.2) is 42.0 Å². The van der Waals surface area contributed by atoms with E-state index >= 15 is 0 Å². The number of aromatic hydroxyl groups is 1. The number of benzene rings is 2. The van der Waals surface area contributed by atoms with E-state index in [1.54, 1.807) is 30.3 Å². The van der Waals surface area contributed by atoms with E-state index in [1.807, 2.05) is 6.07 Å². The molecule has 0 aliphatic carbocycles. The molecule has 29 heavy (non-hydrogen) atoms. The van der Waals surface area contributed by atoms with E-state index < -0.39 is 17.2 Å². The number of phenolic OH excluding ortho intramolecular Hbond substituents is 1. The quantitative estimate of drug-likeness (QED) is 0.335. The fourth-order valence-corrected chi connectivity index (χ4v) is 2.74. The number of amides is 1. The summed E-state index contributed by atoms with van der Waals surface area (Å²) in [6.07, 6.45) is 0. The van der Waals surface area contributed by atoms with Gasteiger partial charge in [-0.15, -0.1) is 0 Å². The molecule has 0 atom stereocenters. The number of halogens is 2. The van der Waals surface area contributed by atoms with Crippen LogP contribution in [0.1, 0.15) is 16.7 Å². The van der Waals surface area contributed by atoms with Crippen LogP contribution in [0.3, 0.4) is 0 Å². The molecule has 0 heterocycles. The predicted molar refractivity (Wildman–Crippen MR) is 109 cm³/mol. The average Bonchev–Trinajstić information content (AvgIpc) is 2.72. The maximum atomic E-state index is 12.5. The van der Waals surface area contributed by atoms with Crippen LogP contribution in [0.4, 0.5) is 0 Å². The van der Waals surface area contributed by atoms with E-state index in [4.69, 9.17) is 28.5 Å². The number of aliphatic hydroxyl groups is 1. The van der Waals surface area contributed by atoms with E-state index in [0.717, 1.165) is 4.90 Å². The number of hydrogen-bond acceptors (Lipinski definition) is 5. The van der Waals surface area contributed by atoms with E-state index in [1.165, 1.54) is 19.2 Å². The maximum absolute atomic E-state index is 12.5. The van der Waals surface area contributed by atoms with Crippen LogP contribution in [0, 0.1) is 34.5 Å². The summed E-state index contributed by atoms with van der Waals surface area (Å²) in [6, 6.07) is 12.8. The number of nitrogens with zero attached hydrogens (tertiary/aromatic N) is 3. The van der Waals surface area contributed by atoms with Crippen molar-refractivity contribution in [2.45, 2.75) is 0 Å². The summed E-state index contributed by atoms with van der Waals surface area (Å²) >= 11 is 11.6. The van der Waals surface area contributed by atoms with Crippen molar-refractivity contribution in [3.05, 3.63) is 68.7 Å². The smallest absolute Gasteiger partial charge is 0.268 e. The third-order valence-electron chi connectivity index (χ3n) is 3.79. The lowest BCUT2D eigenvalue weighted by Gasteiger charge is -2.14. The topological polar surface area (TPSA) is 108 Å². The lowest BCUT2D eigenvalue weighted by atomic mass is 10.1. The lowest BCUT2D eigenvalue weighted by Crippen LogP contribution is -2.28. The van der Waals surface area contributed by atoms with Gasteiger partial charge in [-0.3, -0.25) is 4.79 Å². The van der Waals surface area contributed by atoms with Crippen LogP contribution in [0.25, 0.3) is 5.76 Å². The maximum Gasteiger partial charge on any atom is 0.268 e. The molecule has 0 saturated carbocycles. The molecule has 1 amide bonds. The molecule has 0 aliphatic rings. The first-order valence-electron chi connectivity index (χ1n) is 8.05. The third-order valence-corrected chi connectivity index (χ3v) is 4.36. The fourth-order valence-electron chi connectivity index (χ4n) is 2.25. The Bertz CT molecular complexity index is 1130. The van der Waals surface area contributed by atoms with Crippen molar-refractivity contribution in [3.8, 4) is 29.7 Å². The molecule has 0 bridgehead atoms. The Morgan fingerprint density at radius 2 is 1.72 bits per heavy atom. The zero-order chi connectivity index (χ0) is 21.6. The summed E-state index contributed by atoms with van der Waals surface area (Å²) in [5, 5.41) is 38.1. The molecule has 6 nitrogen and oxygen atoms in total. The predicted octanol–water partition coefficient (Wildman–Crippen LogP) is 3.87. The first kappa shape index (κ1) is 21.7. The molecule has 144 valence electrons. The van der Waals surface area contributed by atoms with E-state index in [0.29, 0.717) is 11.1 Å². The van der Waals surface area contributed by atoms with Gasteiger partial charge in [-0.25, -0.2) is 0 Å². The van der Waals surface area contributed by atoms with Crippen LogP contribution in [-0.2, 0) is 4.79 Å². The lowest BCUT2D eigenvalue weighted by molar-refractivity contribution is -0.124. The molecule has 2 N–H and O–H groups in total. The van der Waals surface area contributed by atoms with Crippen LogP contribution in [-0.4, -0.2) is 34.6 Å². The Kier molecular flexibility index (Phi) is 7.12. The van der Waals surface area contributed by atoms with Crippen molar-refractivity contribution >= 4 is 34.9 Å². The summed E-state index contributed by atoms with van der Waals surface area (Å²) in [7, 11) is 1.41. The van der Waals surface area contributed by atoms with E-state index in [9.17, 15) is 20.3 Å². The molecule has 0 aromatic heterocycles. The number of hydrogen-bond donors (Lipinski definition) is 2. The Hall–Kier alpha value is -3.63. The van der Waals surface area contributed by atoms with Gasteiger partial charge in [-0.05, 0) is 24.3 Å². The van der Waals surface area contributed by atoms with Gasteiger partial charge in [0.25, 0.3) is 5.91 Å². The largest absolute Gasteiger partial charge is 0.506 e. The minimum atomic E-state index is -0.770. The zero-order valence-corrected chi connectivity index (χ0v) is 16.6.